The molecule has 5 nitrogen and oxygen atoms in total. The molecule has 140 valence electrons. The first kappa shape index (κ1) is 18.3. The maximum atomic E-state index is 12.9. The largest absolute Gasteiger partial charge is 0.378 e. The molecule has 7 heteroatoms. The van der Waals surface area contributed by atoms with Gasteiger partial charge in [-0.05, 0) is 35.9 Å². The number of hydrogen-bond donors (Lipinski definition) is 0. The third kappa shape index (κ3) is 3.43. The minimum absolute atomic E-state index is 0.0834. The average Bonchev–Trinajstić information content (AvgIpc) is 3.01. The zero-order valence-electron chi connectivity index (χ0n) is 14.9. The summed E-state index contributed by atoms with van der Waals surface area (Å²) in [6.07, 6.45) is 2.29. The standard InChI is InChI=1S/C20H19Cl2N3O2/c1-24-14(11-13-3-2-6-23-19(13)24)12-16-17(21)5-4-15(18(16)22)20(26)25-7-9-27-10-8-25/h2-6,11H,7-10,12H2,1H3. The molecule has 2 aromatic heterocycles. The number of rotatable bonds is 3. The molecule has 0 N–H and O–H groups in total. The van der Waals surface area contributed by atoms with Crippen LogP contribution in [0.4, 0.5) is 0 Å². The average molecular weight is 404 g/mol. The van der Waals surface area contributed by atoms with Gasteiger partial charge in [0, 0.05) is 48.9 Å². The first-order valence-electron chi connectivity index (χ1n) is 8.79. The first-order valence-corrected chi connectivity index (χ1v) is 9.55. The second-order valence-electron chi connectivity index (χ2n) is 6.58. The number of morpholine rings is 1. The lowest BCUT2D eigenvalue weighted by molar-refractivity contribution is 0.0303. The van der Waals surface area contributed by atoms with Crippen molar-refractivity contribution < 1.29 is 9.53 Å². The summed E-state index contributed by atoms with van der Waals surface area (Å²) in [7, 11) is 1.97. The highest BCUT2D eigenvalue weighted by molar-refractivity contribution is 6.38. The zero-order chi connectivity index (χ0) is 19.0. The lowest BCUT2D eigenvalue weighted by atomic mass is 10.0. The molecule has 1 aliphatic rings. The summed E-state index contributed by atoms with van der Waals surface area (Å²) in [5.41, 5.74) is 3.17. The van der Waals surface area contributed by atoms with Crippen molar-refractivity contribution in [2.75, 3.05) is 26.3 Å². The second kappa shape index (κ2) is 7.50. The van der Waals surface area contributed by atoms with Crippen molar-refractivity contribution in [1.82, 2.24) is 14.5 Å². The molecule has 1 saturated heterocycles. The number of ether oxygens (including phenoxy) is 1. The van der Waals surface area contributed by atoms with E-state index in [9.17, 15) is 4.79 Å². The Morgan fingerprint density at radius 2 is 2.00 bits per heavy atom. The highest BCUT2D eigenvalue weighted by Crippen LogP contribution is 2.32. The van der Waals surface area contributed by atoms with Crippen molar-refractivity contribution in [2.24, 2.45) is 7.05 Å². The van der Waals surface area contributed by atoms with E-state index in [0.29, 0.717) is 48.3 Å². The summed E-state index contributed by atoms with van der Waals surface area (Å²) in [6.45, 7) is 2.24. The smallest absolute Gasteiger partial charge is 0.255 e. The fourth-order valence-electron chi connectivity index (χ4n) is 3.43. The minimum Gasteiger partial charge on any atom is -0.378 e. The van der Waals surface area contributed by atoms with Crippen LogP contribution < -0.4 is 0 Å². The first-order chi connectivity index (χ1) is 13.1. The van der Waals surface area contributed by atoms with E-state index in [2.05, 4.69) is 11.1 Å². The van der Waals surface area contributed by atoms with Crippen molar-refractivity contribution in [3.8, 4) is 0 Å². The fraction of sp³-hybridized carbons (Fsp3) is 0.300. The summed E-state index contributed by atoms with van der Waals surface area (Å²) < 4.78 is 7.35. The molecular formula is C20H19Cl2N3O2. The van der Waals surface area contributed by atoms with Crippen LogP contribution in [0.1, 0.15) is 21.6 Å². The van der Waals surface area contributed by atoms with Gasteiger partial charge in [-0.1, -0.05) is 23.2 Å². The Bertz CT molecular complexity index is 1010. The van der Waals surface area contributed by atoms with E-state index in [1.54, 1.807) is 23.2 Å². The van der Waals surface area contributed by atoms with Crippen LogP contribution in [-0.4, -0.2) is 46.7 Å². The number of carbonyl (C=O) groups excluding carboxylic acids is 1. The Labute approximate surface area is 167 Å². The fourth-order valence-corrected chi connectivity index (χ4v) is 4.01. The third-order valence-corrected chi connectivity index (χ3v) is 5.75. The Morgan fingerprint density at radius 3 is 2.74 bits per heavy atom. The molecule has 27 heavy (non-hydrogen) atoms. The van der Waals surface area contributed by atoms with Gasteiger partial charge in [0.15, 0.2) is 0 Å². The number of hydrogen-bond acceptors (Lipinski definition) is 3. The highest BCUT2D eigenvalue weighted by Gasteiger charge is 2.23. The SMILES string of the molecule is Cn1c(Cc2c(Cl)ccc(C(=O)N3CCOCC3)c2Cl)cc2cccnc21. The summed E-state index contributed by atoms with van der Waals surface area (Å²) in [4.78, 5) is 19.1. The highest BCUT2D eigenvalue weighted by atomic mass is 35.5. The van der Waals surface area contributed by atoms with Crippen LogP contribution >= 0.6 is 23.2 Å². The van der Waals surface area contributed by atoms with Gasteiger partial charge in [0.2, 0.25) is 0 Å². The molecular weight excluding hydrogens is 385 g/mol. The number of carbonyl (C=O) groups is 1. The maximum absolute atomic E-state index is 12.9. The van der Waals surface area contributed by atoms with E-state index < -0.39 is 0 Å². The molecule has 0 aliphatic carbocycles. The summed E-state index contributed by atoms with van der Waals surface area (Å²) in [6, 6.07) is 9.46. The van der Waals surface area contributed by atoms with Gasteiger partial charge in [0.1, 0.15) is 5.65 Å². The van der Waals surface area contributed by atoms with Crippen molar-refractivity contribution in [2.45, 2.75) is 6.42 Å². The van der Waals surface area contributed by atoms with Crippen molar-refractivity contribution in [3.63, 3.8) is 0 Å². The number of benzene rings is 1. The molecule has 0 unspecified atom stereocenters. The van der Waals surface area contributed by atoms with Gasteiger partial charge in [-0.2, -0.15) is 0 Å². The Kier molecular flexibility index (Phi) is 5.08. The molecule has 0 saturated carbocycles. The molecule has 0 radical (unpaired) electrons. The van der Waals surface area contributed by atoms with Gasteiger partial charge < -0.3 is 14.2 Å². The molecule has 1 aromatic carbocycles. The van der Waals surface area contributed by atoms with Crippen molar-refractivity contribution >= 4 is 40.1 Å². The molecule has 4 rings (SSSR count). The van der Waals surface area contributed by atoms with Gasteiger partial charge >= 0.3 is 0 Å². The van der Waals surface area contributed by atoms with Gasteiger partial charge in [-0.15, -0.1) is 0 Å². The third-order valence-electron chi connectivity index (χ3n) is 4.96. The predicted octanol–water partition coefficient (Wildman–Crippen LogP) is 3.94. The van der Waals surface area contributed by atoms with Crippen LogP contribution in [0.5, 0.6) is 0 Å². The van der Waals surface area contributed by atoms with Crippen LogP contribution in [0, 0.1) is 0 Å². The normalized spacial score (nSPS) is 14.7. The predicted molar refractivity (Wildman–Crippen MR) is 107 cm³/mol. The van der Waals surface area contributed by atoms with Crippen LogP contribution in [0.3, 0.4) is 0 Å². The molecule has 0 spiro atoms. The van der Waals surface area contributed by atoms with Crippen molar-refractivity contribution in [3.05, 3.63) is 63.4 Å². The topological polar surface area (TPSA) is 47.4 Å². The van der Waals surface area contributed by atoms with Gasteiger partial charge in [0.05, 0.1) is 23.8 Å². The summed E-state index contributed by atoms with van der Waals surface area (Å²) in [5.74, 6) is -0.0834. The maximum Gasteiger partial charge on any atom is 0.255 e. The minimum atomic E-state index is -0.0834. The molecule has 1 aliphatic heterocycles. The Hall–Kier alpha value is -2.08. The molecule has 1 fully saturated rings. The number of nitrogens with zero attached hydrogens (tertiary/aromatic N) is 3. The van der Waals surface area contributed by atoms with Crippen LogP contribution in [-0.2, 0) is 18.2 Å². The number of aromatic nitrogens is 2. The number of aryl methyl sites for hydroxylation is 1. The Morgan fingerprint density at radius 1 is 1.22 bits per heavy atom. The molecule has 3 heterocycles. The van der Waals surface area contributed by atoms with Crippen LogP contribution in [0.15, 0.2) is 36.5 Å². The lowest BCUT2D eigenvalue weighted by Crippen LogP contribution is -2.40. The quantitative estimate of drug-likeness (QED) is 0.665. The van der Waals surface area contributed by atoms with Gasteiger partial charge in [-0.25, -0.2) is 4.98 Å². The summed E-state index contributed by atoms with van der Waals surface area (Å²) >= 11 is 13.1. The van der Waals surface area contributed by atoms with E-state index in [1.165, 1.54) is 0 Å². The number of amides is 1. The zero-order valence-corrected chi connectivity index (χ0v) is 16.4. The van der Waals surface area contributed by atoms with Gasteiger partial charge in [0.25, 0.3) is 5.91 Å². The van der Waals surface area contributed by atoms with Crippen LogP contribution in [0.2, 0.25) is 10.0 Å². The lowest BCUT2D eigenvalue weighted by Gasteiger charge is -2.27. The monoisotopic (exact) mass is 403 g/mol. The van der Waals surface area contributed by atoms with Crippen molar-refractivity contribution in [1.29, 1.82) is 0 Å². The molecule has 0 atom stereocenters. The number of halogens is 2. The summed E-state index contributed by atoms with van der Waals surface area (Å²) in [5, 5.41) is 2.02. The number of pyridine rings is 1. The second-order valence-corrected chi connectivity index (χ2v) is 7.36. The molecule has 1 amide bonds. The van der Waals surface area contributed by atoms with E-state index in [-0.39, 0.29) is 5.91 Å². The molecule has 3 aromatic rings. The number of fused-ring (bicyclic) bond motifs is 1. The molecule has 0 bridgehead atoms. The van der Waals surface area contributed by atoms with E-state index in [0.717, 1.165) is 22.3 Å². The van der Waals surface area contributed by atoms with Crippen LogP contribution in [0.25, 0.3) is 11.0 Å². The Balaban J connectivity index is 1.70. The van der Waals surface area contributed by atoms with E-state index >= 15 is 0 Å². The van der Waals surface area contributed by atoms with E-state index in [4.69, 9.17) is 27.9 Å². The van der Waals surface area contributed by atoms with Gasteiger partial charge in [-0.3, -0.25) is 4.79 Å². The van der Waals surface area contributed by atoms with E-state index in [1.807, 2.05) is 23.7 Å².